The number of nitrogens with one attached hydrogen (secondary N) is 3. The van der Waals surface area contributed by atoms with E-state index in [0.29, 0.717) is 22.3 Å². The van der Waals surface area contributed by atoms with Crippen molar-refractivity contribution in [1.82, 2.24) is 20.5 Å². The zero-order valence-electron chi connectivity index (χ0n) is 12.4. The van der Waals surface area contributed by atoms with E-state index in [2.05, 4.69) is 25.8 Å². The van der Waals surface area contributed by atoms with Crippen LogP contribution in [-0.2, 0) is 4.79 Å². The molecular weight excluding hydrogens is 312 g/mol. The number of nitrogen functional groups attached to an aromatic ring is 1. The lowest BCUT2D eigenvalue weighted by Gasteiger charge is -2.15. The number of carbonyl (C=O) groups excluding carboxylic acids is 1. The van der Waals surface area contributed by atoms with E-state index in [0.717, 1.165) is 0 Å². The van der Waals surface area contributed by atoms with Gasteiger partial charge in [0.15, 0.2) is 11.9 Å². The van der Waals surface area contributed by atoms with Crippen molar-refractivity contribution in [2.24, 2.45) is 0 Å². The van der Waals surface area contributed by atoms with E-state index in [1.807, 2.05) is 0 Å². The number of carboxylic acid groups (broad SMARTS) is 1. The Morgan fingerprint density at radius 3 is 2.71 bits per heavy atom. The molecule has 0 spiro atoms. The molecule has 0 aliphatic carbocycles. The number of urea groups is 1. The van der Waals surface area contributed by atoms with Crippen LogP contribution in [0, 0.1) is 0 Å². The van der Waals surface area contributed by atoms with Gasteiger partial charge in [-0.05, 0) is 5.56 Å². The molecule has 122 valence electrons. The van der Waals surface area contributed by atoms with Crippen LogP contribution >= 0.6 is 0 Å². The largest absolute Gasteiger partial charge is 0.479 e. The van der Waals surface area contributed by atoms with Crippen molar-refractivity contribution in [3.8, 4) is 0 Å². The number of hydrogen-bond donors (Lipinski definition) is 5. The fourth-order valence-corrected chi connectivity index (χ4v) is 2.22. The smallest absolute Gasteiger partial charge is 0.330 e. The van der Waals surface area contributed by atoms with Crippen LogP contribution in [0.2, 0.25) is 0 Å². The first-order chi connectivity index (χ1) is 11.5. The molecule has 0 aliphatic heterocycles. The number of fused-ring (bicyclic) bond motifs is 1. The summed E-state index contributed by atoms with van der Waals surface area (Å²) in [7, 11) is 0. The third-order valence-corrected chi connectivity index (χ3v) is 3.37. The topological polar surface area (TPSA) is 146 Å². The number of aromatic amines is 1. The molecule has 2 amide bonds. The SMILES string of the molecule is Nc1n[nH]c2cc(NC(=O)NC(C(=O)O)c3ccccc3)ncc12. The number of anilines is 2. The average molecular weight is 326 g/mol. The maximum Gasteiger partial charge on any atom is 0.330 e. The molecule has 1 aromatic carbocycles. The number of aromatic nitrogens is 3. The van der Waals surface area contributed by atoms with E-state index >= 15 is 0 Å². The molecule has 2 aromatic heterocycles. The Hall–Kier alpha value is -3.62. The van der Waals surface area contributed by atoms with Gasteiger partial charge in [-0.1, -0.05) is 30.3 Å². The van der Waals surface area contributed by atoms with Gasteiger partial charge in [0.2, 0.25) is 0 Å². The second-order valence-electron chi connectivity index (χ2n) is 5.00. The fraction of sp³-hybridized carbons (Fsp3) is 0.0667. The van der Waals surface area contributed by atoms with E-state index in [1.54, 1.807) is 36.4 Å². The number of nitrogens with two attached hydrogens (primary N) is 1. The van der Waals surface area contributed by atoms with Crippen molar-refractivity contribution in [2.45, 2.75) is 6.04 Å². The molecule has 6 N–H and O–H groups in total. The number of amides is 2. The van der Waals surface area contributed by atoms with Crippen molar-refractivity contribution in [3.05, 3.63) is 48.2 Å². The molecule has 0 saturated carbocycles. The van der Waals surface area contributed by atoms with Gasteiger partial charge in [-0.2, -0.15) is 5.10 Å². The summed E-state index contributed by atoms with van der Waals surface area (Å²) >= 11 is 0. The number of carboxylic acids is 1. The van der Waals surface area contributed by atoms with Gasteiger partial charge in [0.25, 0.3) is 0 Å². The summed E-state index contributed by atoms with van der Waals surface area (Å²) in [5.41, 5.74) is 6.71. The van der Waals surface area contributed by atoms with Gasteiger partial charge in [0.1, 0.15) is 5.82 Å². The molecule has 2 heterocycles. The summed E-state index contributed by atoms with van der Waals surface area (Å²) in [6.07, 6.45) is 1.47. The number of rotatable bonds is 4. The van der Waals surface area contributed by atoms with Crippen LogP contribution in [0.15, 0.2) is 42.6 Å². The summed E-state index contributed by atoms with van der Waals surface area (Å²) in [5, 5.41) is 21.4. The van der Waals surface area contributed by atoms with E-state index in [4.69, 9.17) is 5.73 Å². The minimum atomic E-state index is -1.17. The van der Waals surface area contributed by atoms with Gasteiger partial charge >= 0.3 is 12.0 Å². The van der Waals surface area contributed by atoms with Crippen molar-refractivity contribution in [3.63, 3.8) is 0 Å². The molecule has 0 fully saturated rings. The number of nitrogens with zero attached hydrogens (tertiary/aromatic N) is 2. The minimum Gasteiger partial charge on any atom is -0.479 e. The predicted molar refractivity (Wildman–Crippen MR) is 87.3 cm³/mol. The number of pyridine rings is 1. The minimum absolute atomic E-state index is 0.237. The van der Waals surface area contributed by atoms with Gasteiger partial charge in [-0.15, -0.1) is 0 Å². The Labute approximate surface area is 135 Å². The second-order valence-corrected chi connectivity index (χ2v) is 5.00. The first kappa shape index (κ1) is 15.3. The van der Waals surface area contributed by atoms with Crippen LogP contribution in [-0.4, -0.2) is 32.3 Å². The standard InChI is InChI=1S/C15H14N6O3/c16-13-9-7-17-11(6-10(9)20-21-13)18-15(24)19-12(14(22)23)8-4-2-1-3-5-8/h1-7,12H,(H,22,23)(H3,16,20,21)(H2,17,18,19,24). The molecule has 24 heavy (non-hydrogen) atoms. The van der Waals surface area contributed by atoms with Crippen LogP contribution in [0.25, 0.3) is 10.9 Å². The highest BCUT2D eigenvalue weighted by molar-refractivity contribution is 5.95. The summed E-state index contributed by atoms with van der Waals surface area (Å²) in [5.74, 6) is -0.620. The summed E-state index contributed by atoms with van der Waals surface area (Å²) < 4.78 is 0. The first-order valence-corrected chi connectivity index (χ1v) is 6.99. The van der Waals surface area contributed by atoms with Crippen molar-refractivity contribution >= 4 is 34.5 Å². The molecular formula is C15H14N6O3. The predicted octanol–water partition coefficient (Wildman–Crippen LogP) is 1.49. The van der Waals surface area contributed by atoms with E-state index < -0.39 is 18.0 Å². The number of benzene rings is 1. The number of hydrogen-bond acceptors (Lipinski definition) is 5. The van der Waals surface area contributed by atoms with Crippen molar-refractivity contribution in [2.75, 3.05) is 11.1 Å². The Morgan fingerprint density at radius 1 is 1.25 bits per heavy atom. The van der Waals surface area contributed by atoms with Gasteiger partial charge in [-0.25, -0.2) is 14.6 Å². The number of H-pyrrole nitrogens is 1. The first-order valence-electron chi connectivity index (χ1n) is 6.99. The Balaban J connectivity index is 1.74. The third-order valence-electron chi connectivity index (χ3n) is 3.37. The molecule has 0 bridgehead atoms. The van der Waals surface area contributed by atoms with Crippen molar-refractivity contribution in [1.29, 1.82) is 0 Å². The molecule has 1 unspecified atom stereocenters. The van der Waals surface area contributed by atoms with Crippen LogP contribution < -0.4 is 16.4 Å². The normalized spacial score (nSPS) is 11.8. The van der Waals surface area contributed by atoms with Gasteiger partial charge in [0, 0.05) is 12.3 Å². The average Bonchev–Trinajstić information content (AvgIpc) is 2.94. The summed E-state index contributed by atoms with van der Waals surface area (Å²) in [6, 6.07) is 8.09. The highest BCUT2D eigenvalue weighted by Gasteiger charge is 2.22. The fourth-order valence-electron chi connectivity index (χ4n) is 2.22. The van der Waals surface area contributed by atoms with Gasteiger partial charge in [-0.3, -0.25) is 10.4 Å². The van der Waals surface area contributed by atoms with E-state index in [-0.39, 0.29) is 5.82 Å². The molecule has 0 radical (unpaired) electrons. The zero-order chi connectivity index (χ0) is 17.1. The molecule has 9 nitrogen and oxygen atoms in total. The van der Waals surface area contributed by atoms with Gasteiger partial charge < -0.3 is 16.2 Å². The maximum absolute atomic E-state index is 12.1. The van der Waals surface area contributed by atoms with Gasteiger partial charge in [0.05, 0.1) is 10.9 Å². The molecule has 3 rings (SSSR count). The Bertz CT molecular complexity index is 893. The summed E-state index contributed by atoms with van der Waals surface area (Å²) in [4.78, 5) is 27.5. The quantitative estimate of drug-likeness (QED) is 0.491. The molecule has 9 heteroatoms. The molecule has 0 aliphatic rings. The lowest BCUT2D eigenvalue weighted by molar-refractivity contribution is -0.139. The zero-order valence-corrected chi connectivity index (χ0v) is 12.4. The van der Waals surface area contributed by atoms with Crippen LogP contribution in [0.5, 0.6) is 0 Å². The third kappa shape index (κ3) is 3.09. The lowest BCUT2D eigenvalue weighted by atomic mass is 10.1. The summed E-state index contributed by atoms with van der Waals surface area (Å²) in [6.45, 7) is 0. The highest BCUT2D eigenvalue weighted by Crippen LogP contribution is 2.19. The Morgan fingerprint density at radius 2 is 2.00 bits per heavy atom. The van der Waals surface area contributed by atoms with Crippen molar-refractivity contribution < 1.29 is 14.7 Å². The lowest BCUT2D eigenvalue weighted by Crippen LogP contribution is -2.36. The second kappa shape index (κ2) is 6.24. The maximum atomic E-state index is 12.1. The van der Waals surface area contributed by atoms with E-state index in [1.165, 1.54) is 6.20 Å². The highest BCUT2D eigenvalue weighted by atomic mass is 16.4. The molecule has 0 saturated heterocycles. The van der Waals surface area contributed by atoms with Crippen LogP contribution in [0.3, 0.4) is 0 Å². The number of aliphatic carboxylic acids is 1. The van der Waals surface area contributed by atoms with E-state index in [9.17, 15) is 14.7 Å². The number of carbonyl (C=O) groups is 2. The monoisotopic (exact) mass is 326 g/mol. The Kier molecular flexibility index (Phi) is 3.98. The van der Waals surface area contributed by atoms with Crippen LogP contribution in [0.4, 0.5) is 16.4 Å². The molecule has 3 aromatic rings. The molecule has 1 atom stereocenters. The van der Waals surface area contributed by atoms with Crippen LogP contribution in [0.1, 0.15) is 11.6 Å².